The third-order valence-corrected chi connectivity index (χ3v) is 4.74. The van der Waals surface area contributed by atoms with Crippen LogP contribution in [0.3, 0.4) is 0 Å². The van der Waals surface area contributed by atoms with Gasteiger partial charge in [-0.1, -0.05) is 0 Å². The molecule has 1 aromatic heterocycles. The third-order valence-electron chi connectivity index (χ3n) is 4.74. The highest BCUT2D eigenvalue weighted by Crippen LogP contribution is 2.28. The molecule has 0 aliphatic carbocycles. The number of ether oxygens (including phenoxy) is 1. The highest BCUT2D eigenvalue weighted by Gasteiger charge is 2.19. The van der Waals surface area contributed by atoms with Gasteiger partial charge >= 0.3 is 0 Å². The summed E-state index contributed by atoms with van der Waals surface area (Å²) >= 11 is 0. The van der Waals surface area contributed by atoms with Crippen molar-refractivity contribution in [1.82, 2.24) is 15.1 Å². The highest BCUT2D eigenvalue weighted by atomic mass is 19.1. The van der Waals surface area contributed by atoms with Crippen LogP contribution in [-0.2, 0) is 18.3 Å². The van der Waals surface area contributed by atoms with Crippen LogP contribution in [-0.4, -0.2) is 36.1 Å². The van der Waals surface area contributed by atoms with Gasteiger partial charge < -0.3 is 15.0 Å². The number of benzene rings is 1. The van der Waals surface area contributed by atoms with Crippen LogP contribution in [0.25, 0.3) is 0 Å². The Hall–Kier alpha value is -1.92. The Morgan fingerprint density at radius 3 is 2.75 bits per heavy atom. The molecule has 24 heavy (non-hydrogen) atoms. The van der Waals surface area contributed by atoms with Crippen molar-refractivity contribution in [2.75, 3.05) is 31.2 Å². The zero-order valence-electron chi connectivity index (χ0n) is 14.6. The maximum Gasteiger partial charge on any atom is 0.123 e. The van der Waals surface area contributed by atoms with E-state index in [1.54, 1.807) is 6.07 Å². The number of halogens is 1. The number of nitrogens with one attached hydrogen (secondary N) is 1. The third kappa shape index (κ3) is 3.60. The van der Waals surface area contributed by atoms with Crippen LogP contribution < -0.4 is 10.2 Å². The fraction of sp³-hybridized carbons (Fsp3) is 0.500. The average Bonchev–Trinajstić information content (AvgIpc) is 2.92. The van der Waals surface area contributed by atoms with E-state index in [0.29, 0.717) is 19.8 Å². The minimum Gasteiger partial charge on any atom is -0.378 e. The van der Waals surface area contributed by atoms with E-state index in [1.807, 2.05) is 24.0 Å². The van der Waals surface area contributed by atoms with Crippen LogP contribution >= 0.6 is 0 Å². The Bertz CT molecular complexity index is 694. The van der Waals surface area contributed by atoms with E-state index in [-0.39, 0.29) is 11.9 Å². The summed E-state index contributed by atoms with van der Waals surface area (Å²) in [5.41, 5.74) is 4.37. The summed E-state index contributed by atoms with van der Waals surface area (Å²) in [5.74, 6) is -0.201. The first-order valence-electron chi connectivity index (χ1n) is 8.39. The predicted molar refractivity (Wildman–Crippen MR) is 92.6 cm³/mol. The quantitative estimate of drug-likeness (QED) is 0.914. The van der Waals surface area contributed by atoms with Crippen LogP contribution in [0.1, 0.15) is 29.8 Å². The summed E-state index contributed by atoms with van der Waals surface area (Å²) in [5, 5.41) is 7.76. The van der Waals surface area contributed by atoms with E-state index in [2.05, 4.69) is 29.2 Å². The molecule has 1 aromatic carbocycles. The van der Waals surface area contributed by atoms with E-state index >= 15 is 0 Å². The van der Waals surface area contributed by atoms with E-state index in [4.69, 9.17) is 4.74 Å². The van der Waals surface area contributed by atoms with Crippen molar-refractivity contribution in [3.63, 3.8) is 0 Å². The summed E-state index contributed by atoms with van der Waals surface area (Å²) in [4.78, 5) is 2.27. The molecule has 0 unspecified atom stereocenters. The molecular weight excluding hydrogens is 307 g/mol. The summed E-state index contributed by atoms with van der Waals surface area (Å²) in [6, 6.07) is 5.09. The standard InChI is InChI=1S/C18H25FN4O/c1-13(20-11-15-12-21-22(3)14(15)2)17-10-16(19)4-5-18(17)23-6-8-24-9-7-23/h4-5,10,12-13,20H,6-9,11H2,1-3H3/t13-/m0/s1. The largest absolute Gasteiger partial charge is 0.378 e. The summed E-state index contributed by atoms with van der Waals surface area (Å²) < 4.78 is 21.1. The van der Waals surface area contributed by atoms with Crippen molar-refractivity contribution in [1.29, 1.82) is 0 Å². The second-order valence-corrected chi connectivity index (χ2v) is 6.28. The van der Waals surface area contributed by atoms with Gasteiger partial charge in [-0.05, 0) is 37.6 Å². The molecule has 0 radical (unpaired) electrons. The minimum absolute atomic E-state index is 0.0400. The Morgan fingerprint density at radius 2 is 2.08 bits per heavy atom. The summed E-state index contributed by atoms with van der Waals surface area (Å²) in [6.45, 7) is 7.95. The van der Waals surface area contributed by atoms with Crippen LogP contribution in [0.2, 0.25) is 0 Å². The number of aryl methyl sites for hydroxylation is 1. The zero-order chi connectivity index (χ0) is 17.1. The smallest absolute Gasteiger partial charge is 0.123 e. The summed E-state index contributed by atoms with van der Waals surface area (Å²) in [7, 11) is 1.94. The molecule has 5 nitrogen and oxygen atoms in total. The zero-order valence-corrected chi connectivity index (χ0v) is 14.6. The number of nitrogens with zero attached hydrogens (tertiary/aromatic N) is 3. The SMILES string of the molecule is Cc1c(CN[C@@H](C)c2cc(F)ccc2N2CCOCC2)cnn1C. The predicted octanol–water partition coefficient (Wildman–Crippen LogP) is 2.56. The number of aromatic nitrogens is 2. The van der Waals surface area contributed by atoms with Gasteiger partial charge in [-0.3, -0.25) is 4.68 Å². The molecule has 0 bridgehead atoms. The maximum absolute atomic E-state index is 13.8. The normalized spacial score (nSPS) is 16.4. The van der Waals surface area contributed by atoms with E-state index in [0.717, 1.165) is 35.6 Å². The number of hydrogen-bond acceptors (Lipinski definition) is 4. The van der Waals surface area contributed by atoms with Crippen molar-refractivity contribution in [3.8, 4) is 0 Å². The summed E-state index contributed by atoms with van der Waals surface area (Å²) in [6.07, 6.45) is 1.88. The van der Waals surface area contributed by atoms with Crippen molar-refractivity contribution in [2.24, 2.45) is 7.05 Å². The first-order valence-corrected chi connectivity index (χ1v) is 8.39. The molecule has 1 aliphatic heterocycles. The molecule has 130 valence electrons. The maximum atomic E-state index is 13.8. The molecule has 2 aromatic rings. The Balaban J connectivity index is 1.76. The fourth-order valence-electron chi connectivity index (χ4n) is 3.06. The van der Waals surface area contributed by atoms with Gasteiger partial charge in [0, 0.05) is 49.7 Å². The first kappa shape index (κ1) is 16.9. The van der Waals surface area contributed by atoms with Crippen LogP contribution in [0, 0.1) is 12.7 Å². The monoisotopic (exact) mass is 332 g/mol. The highest BCUT2D eigenvalue weighted by molar-refractivity contribution is 5.55. The van der Waals surface area contributed by atoms with Gasteiger partial charge in [0.2, 0.25) is 0 Å². The number of rotatable bonds is 5. The molecule has 1 fully saturated rings. The molecule has 1 N–H and O–H groups in total. The number of hydrogen-bond donors (Lipinski definition) is 1. The molecule has 1 atom stereocenters. The molecular formula is C18H25FN4O. The van der Waals surface area contributed by atoms with Crippen molar-refractivity contribution < 1.29 is 9.13 Å². The van der Waals surface area contributed by atoms with Gasteiger partial charge in [0.1, 0.15) is 5.82 Å². The van der Waals surface area contributed by atoms with Crippen molar-refractivity contribution >= 4 is 5.69 Å². The lowest BCUT2D eigenvalue weighted by atomic mass is 10.0. The van der Waals surface area contributed by atoms with E-state index < -0.39 is 0 Å². The van der Waals surface area contributed by atoms with Crippen LogP contribution in [0.4, 0.5) is 10.1 Å². The molecule has 0 amide bonds. The average molecular weight is 332 g/mol. The second kappa shape index (κ2) is 7.32. The minimum atomic E-state index is -0.201. The molecule has 1 aliphatic rings. The molecule has 1 saturated heterocycles. The Morgan fingerprint density at radius 1 is 1.33 bits per heavy atom. The lowest BCUT2D eigenvalue weighted by molar-refractivity contribution is 0.122. The lowest BCUT2D eigenvalue weighted by Crippen LogP contribution is -2.37. The number of anilines is 1. The molecule has 0 spiro atoms. The molecule has 6 heteroatoms. The lowest BCUT2D eigenvalue weighted by Gasteiger charge is -2.32. The van der Waals surface area contributed by atoms with Gasteiger partial charge in [0.15, 0.2) is 0 Å². The van der Waals surface area contributed by atoms with Gasteiger partial charge in [-0.25, -0.2) is 4.39 Å². The molecule has 2 heterocycles. The van der Waals surface area contributed by atoms with E-state index in [9.17, 15) is 4.39 Å². The molecule has 0 saturated carbocycles. The van der Waals surface area contributed by atoms with Crippen molar-refractivity contribution in [2.45, 2.75) is 26.4 Å². The Labute approximate surface area is 142 Å². The Kier molecular flexibility index (Phi) is 5.16. The van der Waals surface area contributed by atoms with Crippen molar-refractivity contribution in [3.05, 3.63) is 47.0 Å². The first-order chi connectivity index (χ1) is 11.6. The topological polar surface area (TPSA) is 42.3 Å². The van der Waals surface area contributed by atoms with Gasteiger partial charge in [-0.15, -0.1) is 0 Å². The second-order valence-electron chi connectivity index (χ2n) is 6.28. The van der Waals surface area contributed by atoms with Gasteiger partial charge in [0.05, 0.1) is 19.4 Å². The fourth-order valence-corrected chi connectivity index (χ4v) is 3.06. The number of morpholine rings is 1. The molecule has 3 rings (SSSR count). The van der Waals surface area contributed by atoms with Crippen LogP contribution in [0.15, 0.2) is 24.4 Å². The van der Waals surface area contributed by atoms with Gasteiger partial charge in [-0.2, -0.15) is 5.10 Å². The van der Waals surface area contributed by atoms with E-state index in [1.165, 1.54) is 6.07 Å². The van der Waals surface area contributed by atoms with Gasteiger partial charge in [0.25, 0.3) is 0 Å². The van der Waals surface area contributed by atoms with Crippen LogP contribution in [0.5, 0.6) is 0 Å².